The fraction of sp³-hybridized carbons (Fsp3) is 0.350. The Morgan fingerprint density at radius 1 is 1.36 bits per heavy atom. The molecule has 4 rings (SSSR count). The van der Waals surface area contributed by atoms with Crippen molar-refractivity contribution in [3.05, 3.63) is 56.7 Å². The van der Waals surface area contributed by atoms with E-state index in [-0.39, 0.29) is 5.91 Å². The Labute approximate surface area is 172 Å². The van der Waals surface area contributed by atoms with E-state index in [2.05, 4.69) is 15.6 Å². The number of hydrogen-bond acceptors (Lipinski definition) is 6. The molecule has 0 radical (unpaired) electrons. The number of carbonyl (C=O) groups is 1. The van der Waals surface area contributed by atoms with E-state index in [1.54, 1.807) is 12.1 Å². The number of halogens is 1. The molecule has 6 nitrogen and oxygen atoms in total. The summed E-state index contributed by atoms with van der Waals surface area (Å²) in [6, 6.07) is 11.5. The monoisotopic (exact) mass is 416 g/mol. The van der Waals surface area contributed by atoms with Gasteiger partial charge in [0.05, 0.1) is 27.7 Å². The highest BCUT2D eigenvalue weighted by Crippen LogP contribution is 2.27. The number of thiophene rings is 1. The highest BCUT2D eigenvalue weighted by atomic mass is 35.5. The number of rotatable bonds is 6. The van der Waals surface area contributed by atoms with Gasteiger partial charge < -0.3 is 10.2 Å². The van der Waals surface area contributed by atoms with E-state index in [0.717, 1.165) is 29.9 Å². The lowest BCUT2D eigenvalue weighted by Gasteiger charge is -2.27. The molecular formula is C20H21ClN4O2S. The standard InChI is InChI=1S/C20H21ClN4O2S/c1-20(13-22-19(26)17-7-8-18(21)28-17)11-16(24-27-20)15-5-3-14(4-6-15)12-23-25-9-2-10-25/h3-8,12H,2,9-11,13H2,1H3,(H,22,26). The largest absolute Gasteiger partial charge is 0.387 e. The zero-order chi connectivity index (χ0) is 19.6. The molecule has 1 N–H and O–H groups in total. The summed E-state index contributed by atoms with van der Waals surface area (Å²) in [6.45, 7) is 4.39. The topological polar surface area (TPSA) is 66.3 Å². The first-order valence-corrected chi connectivity index (χ1v) is 10.4. The third kappa shape index (κ3) is 4.36. The minimum absolute atomic E-state index is 0.152. The van der Waals surface area contributed by atoms with Gasteiger partial charge in [-0.2, -0.15) is 5.10 Å². The number of amides is 1. The highest BCUT2D eigenvalue weighted by molar-refractivity contribution is 7.18. The lowest BCUT2D eigenvalue weighted by molar-refractivity contribution is -0.00178. The molecule has 1 aromatic carbocycles. The first-order chi connectivity index (χ1) is 13.5. The van der Waals surface area contributed by atoms with Crippen LogP contribution in [-0.2, 0) is 4.84 Å². The number of hydrazone groups is 1. The number of oxime groups is 1. The minimum Gasteiger partial charge on any atom is -0.387 e. The summed E-state index contributed by atoms with van der Waals surface area (Å²) >= 11 is 7.14. The molecule has 1 aromatic heterocycles. The van der Waals surface area contributed by atoms with E-state index in [1.165, 1.54) is 17.8 Å². The molecule has 146 valence electrons. The van der Waals surface area contributed by atoms with E-state index >= 15 is 0 Å². The minimum atomic E-state index is -0.566. The second kappa shape index (κ2) is 7.93. The number of carbonyl (C=O) groups excluding carboxylic acids is 1. The molecule has 2 aliphatic heterocycles. The van der Waals surface area contributed by atoms with Crippen LogP contribution in [-0.4, -0.2) is 48.1 Å². The molecule has 1 fully saturated rings. The number of nitrogens with zero attached hydrogens (tertiary/aromatic N) is 3. The van der Waals surface area contributed by atoms with Gasteiger partial charge in [0.25, 0.3) is 5.91 Å². The van der Waals surface area contributed by atoms with Crippen LogP contribution in [0, 0.1) is 0 Å². The molecular weight excluding hydrogens is 396 g/mol. The van der Waals surface area contributed by atoms with Crippen LogP contribution in [0.5, 0.6) is 0 Å². The van der Waals surface area contributed by atoms with Gasteiger partial charge in [0.15, 0.2) is 5.60 Å². The smallest absolute Gasteiger partial charge is 0.261 e. The zero-order valence-electron chi connectivity index (χ0n) is 15.5. The number of nitrogens with one attached hydrogen (secondary N) is 1. The predicted molar refractivity (Wildman–Crippen MR) is 113 cm³/mol. The Morgan fingerprint density at radius 3 is 2.79 bits per heavy atom. The fourth-order valence-electron chi connectivity index (χ4n) is 2.95. The third-order valence-corrected chi connectivity index (χ3v) is 6.01. The van der Waals surface area contributed by atoms with Gasteiger partial charge in [0.1, 0.15) is 0 Å². The van der Waals surface area contributed by atoms with Gasteiger partial charge in [0, 0.05) is 19.5 Å². The lowest BCUT2D eigenvalue weighted by Crippen LogP contribution is -2.40. The molecule has 8 heteroatoms. The summed E-state index contributed by atoms with van der Waals surface area (Å²) in [5.74, 6) is -0.152. The first kappa shape index (κ1) is 19.0. The Balaban J connectivity index is 1.32. The molecule has 1 unspecified atom stereocenters. The number of hydrogen-bond donors (Lipinski definition) is 1. The summed E-state index contributed by atoms with van der Waals surface area (Å²) in [6.07, 6.45) is 3.72. The molecule has 1 atom stereocenters. The molecule has 0 spiro atoms. The van der Waals surface area contributed by atoms with Crippen LogP contribution in [0.3, 0.4) is 0 Å². The number of benzene rings is 1. The highest BCUT2D eigenvalue weighted by Gasteiger charge is 2.35. The van der Waals surface area contributed by atoms with E-state index in [9.17, 15) is 4.79 Å². The van der Waals surface area contributed by atoms with Crippen LogP contribution in [0.15, 0.2) is 46.7 Å². The van der Waals surface area contributed by atoms with Crippen molar-refractivity contribution in [2.24, 2.45) is 10.3 Å². The Morgan fingerprint density at radius 2 is 2.14 bits per heavy atom. The second-order valence-electron chi connectivity index (χ2n) is 7.22. The maximum absolute atomic E-state index is 12.2. The molecule has 1 saturated heterocycles. The van der Waals surface area contributed by atoms with E-state index in [0.29, 0.717) is 22.2 Å². The molecule has 0 aliphatic carbocycles. The molecule has 1 amide bonds. The maximum Gasteiger partial charge on any atom is 0.261 e. The van der Waals surface area contributed by atoms with Crippen LogP contribution in [0.2, 0.25) is 4.34 Å². The van der Waals surface area contributed by atoms with Gasteiger partial charge in [-0.15, -0.1) is 11.3 Å². The third-order valence-electron chi connectivity index (χ3n) is 4.78. The summed E-state index contributed by atoms with van der Waals surface area (Å²) in [5.41, 5.74) is 2.38. The summed E-state index contributed by atoms with van der Waals surface area (Å²) in [7, 11) is 0. The summed E-state index contributed by atoms with van der Waals surface area (Å²) in [4.78, 5) is 18.4. The molecule has 2 aromatic rings. The maximum atomic E-state index is 12.2. The van der Waals surface area contributed by atoms with Crippen molar-refractivity contribution >= 4 is 40.8 Å². The van der Waals surface area contributed by atoms with Gasteiger partial charge >= 0.3 is 0 Å². The van der Waals surface area contributed by atoms with Crippen LogP contribution in [0.4, 0.5) is 0 Å². The van der Waals surface area contributed by atoms with Gasteiger partial charge in [-0.05, 0) is 36.6 Å². The molecule has 28 heavy (non-hydrogen) atoms. The van der Waals surface area contributed by atoms with Gasteiger partial charge in [-0.1, -0.05) is 41.0 Å². The summed E-state index contributed by atoms with van der Waals surface area (Å²) in [5, 5.41) is 13.6. The van der Waals surface area contributed by atoms with Gasteiger partial charge in [0.2, 0.25) is 0 Å². The second-order valence-corrected chi connectivity index (χ2v) is 8.93. The van der Waals surface area contributed by atoms with Gasteiger partial charge in [-0.3, -0.25) is 9.80 Å². The fourth-order valence-corrected chi connectivity index (χ4v) is 3.91. The lowest BCUT2D eigenvalue weighted by atomic mass is 9.95. The molecule has 0 bridgehead atoms. The zero-order valence-corrected chi connectivity index (χ0v) is 17.1. The van der Waals surface area contributed by atoms with Crippen LogP contribution in [0.25, 0.3) is 0 Å². The SMILES string of the molecule is CC1(CNC(=O)c2ccc(Cl)s2)CC(c2ccc(C=NN3CCC3)cc2)=NO1. The Bertz CT molecular complexity index is 921. The molecule has 2 aliphatic rings. The van der Waals surface area contributed by atoms with Crippen molar-refractivity contribution in [2.45, 2.75) is 25.4 Å². The van der Waals surface area contributed by atoms with Crippen molar-refractivity contribution in [1.82, 2.24) is 10.3 Å². The Kier molecular flexibility index (Phi) is 5.37. The van der Waals surface area contributed by atoms with E-state index in [4.69, 9.17) is 16.4 Å². The van der Waals surface area contributed by atoms with Crippen LogP contribution >= 0.6 is 22.9 Å². The quantitative estimate of drug-likeness (QED) is 0.729. The van der Waals surface area contributed by atoms with Crippen molar-refractivity contribution in [1.29, 1.82) is 0 Å². The van der Waals surface area contributed by atoms with Crippen LogP contribution < -0.4 is 5.32 Å². The Hall–Kier alpha value is -2.38. The first-order valence-electron chi connectivity index (χ1n) is 9.19. The summed E-state index contributed by atoms with van der Waals surface area (Å²) < 4.78 is 0.595. The van der Waals surface area contributed by atoms with Gasteiger partial charge in [-0.25, -0.2) is 0 Å². The van der Waals surface area contributed by atoms with Crippen molar-refractivity contribution in [2.75, 3.05) is 19.6 Å². The average molecular weight is 417 g/mol. The average Bonchev–Trinajstić information content (AvgIpc) is 3.26. The van der Waals surface area contributed by atoms with E-state index in [1.807, 2.05) is 42.4 Å². The van der Waals surface area contributed by atoms with Crippen molar-refractivity contribution in [3.63, 3.8) is 0 Å². The normalized spacial score (nSPS) is 21.4. The van der Waals surface area contributed by atoms with E-state index < -0.39 is 5.60 Å². The predicted octanol–water partition coefficient (Wildman–Crippen LogP) is 3.75. The van der Waals surface area contributed by atoms with Crippen LogP contribution in [0.1, 0.15) is 40.6 Å². The molecule has 3 heterocycles. The molecule has 0 saturated carbocycles. The van der Waals surface area contributed by atoms with Crippen molar-refractivity contribution in [3.8, 4) is 0 Å². The van der Waals surface area contributed by atoms with Crippen molar-refractivity contribution < 1.29 is 9.63 Å².